The molecule has 4 heteroatoms. The Morgan fingerprint density at radius 3 is 2.14 bits per heavy atom. The van der Waals surface area contributed by atoms with E-state index in [1.165, 1.54) is 25.3 Å². The Morgan fingerprint density at radius 1 is 1.00 bits per heavy atom. The minimum absolute atomic E-state index is 0.193. The fraction of sp³-hybridized carbons (Fsp3) is 0.278. The van der Waals surface area contributed by atoms with Crippen LogP contribution in [0.5, 0.6) is 11.5 Å². The van der Waals surface area contributed by atoms with Crippen molar-refractivity contribution in [3.05, 3.63) is 59.2 Å². The fourth-order valence-electron chi connectivity index (χ4n) is 2.24. The number of carbonyl (C=O) groups is 1. The predicted molar refractivity (Wildman–Crippen MR) is 86.8 cm³/mol. The average molecular weight is 299 g/mol. The molecule has 0 aliphatic carbocycles. The minimum atomic E-state index is -0.193. The van der Waals surface area contributed by atoms with Crippen LogP contribution in [0.2, 0.25) is 0 Å². The van der Waals surface area contributed by atoms with Crippen LogP contribution in [0.4, 0.5) is 0 Å². The van der Waals surface area contributed by atoms with Gasteiger partial charge >= 0.3 is 0 Å². The number of methoxy groups -OCH3 is 2. The summed E-state index contributed by atoms with van der Waals surface area (Å²) in [7, 11) is 3.08. The van der Waals surface area contributed by atoms with Gasteiger partial charge in [0.05, 0.1) is 14.2 Å². The van der Waals surface area contributed by atoms with Crippen molar-refractivity contribution in [3.8, 4) is 11.5 Å². The quantitative estimate of drug-likeness (QED) is 0.892. The van der Waals surface area contributed by atoms with Gasteiger partial charge in [-0.3, -0.25) is 4.79 Å². The Bertz CT molecular complexity index is 613. The molecule has 0 atom stereocenters. The first kappa shape index (κ1) is 15.9. The van der Waals surface area contributed by atoms with E-state index in [1.807, 2.05) is 0 Å². The lowest BCUT2D eigenvalue weighted by Gasteiger charge is -2.13. The normalized spacial score (nSPS) is 10.1. The number of carbonyl (C=O) groups excluding carboxylic acids is 1. The third-order valence-electron chi connectivity index (χ3n) is 3.47. The monoisotopic (exact) mass is 299 g/mol. The van der Waals surface area contributed by atoms with E-state index in [1.54, 1.807) is 18.2 Å². The first-order chi connectivity index (χ1) is 10.7. The smallest absolute Gasteiger partial charge is 0.258 e. The molecule has 116 valence electrons. The van der Waals surface area contributed by atoms with Gasteiger partial charge in [0.2, 0.25) is 0 Å². The second-order valence-corrected chi connectivity index (χ2v) is 5.03. The Morgan fingerprint density at radius 2 is 1.59 bits per heavy atom. The third kappa shape index (κ3) is 3.79. The summed E-state index contributed by atoms with van der Waals surface area (Å²) in [4.78, 5) is 12.4. The van der Waals surface area contributed by atoms with Crippen molar-refractivity contribution in [1.29, 1.82) is 0 Å². The number of rotatable bonds is 6. The van der Waals surface area contributed by atoms with E-state index in [0.717, 1.165) is 6.42 Å². The summed E-state index contributed by atoms with van der Waals surface area (Å²) in [6, 6.07) is 13.6. The van der Waals surface area contributed by atoms with E-state index in [9.17, 15) is 4.79 Å². The maximum atomic E-state index is 12.4. The van der Waals surface area contributed by atoms with Gasteiger partial charge in [-0.15, -0.1) is 0 Å². The number of hydrogen-bond acceptors (Lipinski definition) is 3. The van der Waals surface area contributed by atoms with Crippen molar-refractivity contribution >= 4 is 5.91 Å². The summed E-state index contributed by atoms with van der Waals surface area (Å²) in [6.45, 7) is 2.61. The number of hydrogen-bond donors (Lipinski definition) is 1. The molecule has 0 aliphatic heterocycles. The molecule has 2 aromatic rings. The van der Waals surface area contributed by atoms with Gasteiger partial charge in [0.1, 0.15) is 17.1 Å². The Kier molecular flexibility index (Phi) is 5.42. The van der Waals surface area contributed by atoms with Crippen molar-refractivity contribution in [2.24, 2.45) is 0 Å². The van der Waals surface area contributed by atoms with Gasteiger partial charge in [-0.1, -0.05) is 35.9 Å². The lowest BCUT2D eigenvalue weighted by Crippen LogP contribution is -2.26. The number of aryl methyl sites for hydroxylation is 1. The summed E-state index contributed by atoms with van der Waals surface area (Å²) < 4.78 is 10.5. The molecule has 4 nitrogen and oxygen atoms in total. The standard InChI is InChI=1S/C18H21NO3/c1-13-7-9-14(10-8-13)11-12-19-18(20)17-15(21-2)5-4-6-16(17)22-3/h4-10H,11-12H2,1-3H3,(H,19,20). The van der Waals surface area contributed by atoms with Crippen LogP contribution >= 0.6 is 0 Å². The van der Waals surface area contributed by atoms with Crippen molar-refractivity contribution in [3.63, 3.8) is 0 Å². The first-order valence-electron chi connectivity index (χ1n) is 7.20. The molecule has 22 heavy (non-hydrogen) atoms. The van der Waals surface area contributed by atoms with E-state index in [4.69, 9.17) is 9.47 Å². The van der Waals surface area contributed by atoms with Gasteiger partial charge in [-0.2, -0.15) is 0 Å². The summed E-state index contributed by atoms with van der Waals surface area (Å²) in [5.41, 5.74) is 2.85. The molecule has 0 saturated heterocycles. The highest BCUT2D eigenvalue weighted by Crippen LogP contribution is 2.27. The van der Waals surface area contributed by atoms with Crippen LogP contribution in [-0.2, 0) is 6.42 Å². The molecule has 1 amide bonds. The van der Waals surface area contributed by atoms with Crippen LogP contribution in [0, 0.1) is 6.92 Å². The Balaban J connectivity index is 2.02. The summed E-state index contributed by atoms with van der Waals surface area (Å²) in [5.74, 6) is 0.820. The van der Waals surface area contributed by atoms with Crippen LogP contribution in [-0.4, -0.2) is 26.7 Å². The topological polar surface area (TPSA) is 47.6 Å². The zero-order chi connectivity index (χ0) is 15.9. The van der Waals surface area contributed by atoms with Crippen molar-refractivity contribution in [2.45, 2.75) is 13.3 Å². The second kappa shape index (κ2) is 7.50. The molecule has 0 aromatic heterocycles. The van der Waals surface area contributed by atoms with E-state index >= 15 is 0 Å². The molecule has 2 aromatic carbocycles. The molecule has 0 radical (unpaired) electrons. The van der Waals surface area contributed by atoms with E-state index in [0.29, 0.717) is 23.6 Å². The number of ether oxygens (including phenoxy) is 2. The third-order valence-corrected chi connectivity index (χ3v) is 3.47. The summed E-state index contributed by atoms with van der Waals surface area (Å²) in [5, 5.41) is 2.91. The molecule has 0 saturated carbocycles. The van der Waals surface area contributed by atoms with Crippen LogP contribution in [0.15, 0.2) is 42.5 Å². The van der Waals surface area contributed by atoms with Crippen LogP contribution in [0.3, 0.4) is 0 Å². The maximum Gasteiger partial charge on any atom is 0.258 e. The minimum Gasteiger partial charge on any atom is -0.496 e. The van der Waals surface area contributed by atoms with Crippen molar-refractivity contribution in [2.75, 3.05) is 20.8 Å². The number of amides is 1. The molecule has 0 aliphatic rings. The molecular weight excluding hydrogens is 278 g/mol. The Hall–Kier alpha value is -2.49. The SMILES string of the molecule is COc1cccc(OC)c1C(=O)NCCc1ccc(C)cc1. The molecule has 0 fully saturated rings. The van der Waals surface area contributed by atoms with E-state index < -0.39 is 0 Å². The van der Waals surface area contributed by atoms with Gasteiger partial charge in [0, 0.05) is 6.54 Å². The Labute approximate surface area is 131 Å². The molecule has 0 bridgehead atoms. The zero-order valence-corrected chi connectivity index (χ0v) is 13.2. The van der Waals surface area contributed by atoms with Gasteiger partial charge in [0.25, 0.3) is 5.91 Å². The summed E-state index contributed by atoms with van der Waals surface area (Å²) >= 11 is 0. The highest BCUT2D eigenvalue weighted by atomic mass is 16.5. The van der Waals surface area contributed by atoms with Crippen molar-refractivity contribution in [1.82, 2.24) is 5.32 Å². The van der Waals surface area contributed by atoms with Gasteiger partial charge in [-0.05, 0) is 31.0 Å². The average Bonchev–Trinajstić information content (AvgIpc) is 2.55. The van der Waals surface area contributed by atoms with Crippen molar-refractivity contribution < 1.29 is 14.3 Å². The highest BCUT2D eigenvalue weighted by molar-refractivity contribution is 5.99. The largest absolute Gasteiger partial charge is 0.496 e. The van der Waals surface area contributed by atoms with Gasteiger partial charge in [0.15, 0.2) is 0 Å². The van der Waals surface area contributed by atoms with Crippen LogP contribution in [0.25, 0.3) is 0 Å². The molecule has 0 heterocycles. The molecule has 2 rings (SSSR count). The van der Waals surface area contributed by atoms with Crippen LogP contribution in [0.1, 0.15) is 21.5 Å². The van der Waals surface area contributed by atoms with E-state index in [2.05, 4.69) is 36.5 Å². The molecule has 0 unspecified atom stereocenters. The number of nitrogens with one attached hydrogen (secondary N) is 1. The second-order valence-electron chi connectivity index (χ2n) is 5.03. The zero-order valence-electron chi connectivity index (χ0n) is 13.2. The molecule has 0 spiro atoms. The highest BCUT2D eigenvalue weighted by Gasteiger charge is 2.17. The first-order valence-corrected chi connectivity index (χ1v) is 7.20. The van der Waals surface area contributed by atoms with Crippen LogP contribution < -0.4 is 14.8 Å². The van der Waals surface area contributed by atoms with E-state index in [-0.39, 0.29) is 5.91 Å². The fourth-order valence-corrected chi connectivity index (χ4v) is 2.24. The maximum absolute atomic E-state index is 12.4. The lowest BCUT2D eigenvalue weighted by molar-refractivity contribution is 0.0948. The van der Waals surface area contributed by atoms with Gasteiger partial charge in [-0.25, -0.2) is 0 Å². The van der Waals surface area contributed by atoms with Gasteiger partial charge < -0.3 is 14.8 Å². The number of benzene rings is 2. The summed E-state index contributed by atoms with van der Waals surface area (Å²) in [6.07, 6.45) is 0.781. The molecule has 1 N–H and O–H groups in total. The predicted octanol–water partition coefficient (Wildman–Crippen LogP) is 2.98. The molecular formula is C18H21NO3. The lowest BCUT2D eigenvalue weighted by atomic mass is 10.1.